The van der Waals surface area contributed by atoms with E-state index in [0.717, 1.165) is 22.5 Å². The monoisotopic (exact) mass is 354 g/mol. The highest BCUT2D eigenvalue weighted by Gasteiger charge is 2.28. The summed E-state index contributed by atoms with van der Waals surface area (Å²) in [4.78, 5) is 21.9. The fourth-order valence-electron chi connectivity index (χ4n) is 3.30. The van der Waals surface area contributed by atoms with Crippen molar-refractivity contribution in [1.29, 1.82) is 0 Å². The van der Waals surface area contributed by atoms with E-state index in [4.69, 9.17) is 9.26 Å². The Bertz CT molecular complexity index is 930. The Kier molecular flexibility index (Phi) is 4.16. The van der Waals surface area contributed by atoms with Gasteiger partial charge in [0.1, 0.15) is 29.0 Å². The average Bonchev–Trinajstić information content (AvgIpc) is 3.12. The lowest BCUT2D eigenvalue weighted by Crippen LogP contribution is -2.36. The van der Waals surface area contributed by atoms with Crippen molar-refractivity contribution in [2.45, 2.75) is 12.8 Å². The van der Waals surface area contributed by atoms with E-state index >= 15 is 0 Å². The fourth-order valence-corrected chi connectivity index (χ4v) is 3.30. The van der Waals surface area contributed by atoms with E-state index < -0.39 is 5.97 Å². The van der Waals surface area contributed by atoms with Crippen LogP contribution in [-0.2, 0) is 4.79 Å². The number of anilines is 1. The van der Waals surface area contributed by atoms with Gasteiger partial charge in [0.25, 0.3) is 5.71 Å². The second-order valence-electron chi connectivity index (χ2n) is 6.24. The largest absolute Gasteiger partial charge is 0.497 e. The second-order valence-corrected chi connectivity index (χ2v) is 6.24. The van der Waals surface area contributed by atoms with Crippen molar-refractivity contribution in [2.75, 3.05) is 25.1 Å². The highest BCUT2D eigenvalue weighted by Crippen LogP contribution is 2.35. The number of piperidine rings is 1. The van der Waals surface area contributed by atoms with Crippen LogP contribution in [-0.4, -0.2) is 46.4 Å². The molecule has 0 atom stereocenters. The Morgan fingerprint density at radius 1 is 1.23 bits per heavy atom. The van der Waals surface area contributed by atoms with Gasteiger partial charge in [-0.15, -0.1) is 0 Å². The predicted octanol–water partition coefficient (Wildman–Crippen LogP) is 2.59. The highest BCUT2D eigenvalue weighted by molar-refractivity contribution is 5.98. The van der Waals surface area contributed by atoms with Crippen LogP contribution < -0.4 is 9.64 Å². The van der Waals surface area contributed by atoms with Crippen molar-refractivity contribution in [1.82, 2.24) is 15.1 Å². The normalized spacial score (nSPS) is 15.3. The molecule has 3 heterocycles. The molecular weight excluding hydrogens is 336 g/mol. The first-order valence-corrected chi connectivity index (χ1v) is 8.40. The number of hydrogen-bond acceptors (Lipinski definition) is 7. The van der Waals surface area contributed by atoms with Gasteiger partial charge in [0.2, 0.25) is 0 Å². The third kappa shape index (κ3) is 2.83. The van der Waals surface area contributed by atoms with Crippen molar-refractivity contribution < 1.29 is 19.2 Å². The predicted molar refractivity (Wildman–Crippen MR) is 94.2 cm³/mol. The van der Waals surface area contributed by atoms with Crippen molar-refractivity contribution in [3.8, 4) is 17.0 Å². The van der Waals surface area contributed by atoms with Crippen LogP contribution in [0.25, 0.3) is 22.4 Å². The van der Waals surface area contributed by atoms with Gasteiger partial charge in [0.15, 0.2) is 0 Å². The number of aromatic nitrogens is 3. The minimum atomic E-state index is -0.735. The summed E-state index contributed by atoms with van der Waals surface area (Å²) in [6, 6.07) is 7.53. The Balaban J connectivity index is 1.72. The molecule has 26 heavy (non-hydrogen) atoms. The van der Waals surface area contributed by atoms with Gasteiger partial charge in [0.05, 0.1) is 13.0 Å². The number of carboxylic acids is 1. The lowest BCUT2D eigenvalue weighted by Gasteiger charge is -2.31. The molecule has 8 heteroatoms. The van der Waals surface area contributed by atoms with E-state index in [0.29, 0.717) is 37.3 Å². The zero-order valence-electron chi connectivity index (χ0n) is 14.3. The molecule has 1 aliphatic heterocycles. The van der Waals surface area contributed by atoms with Crippen molar-refractivity contribution in [3.05, 3.63) is 30.6 Å². The summed E-state index contributed by atoms with van der Waals surface area (Å²) in [5.41, 5.74) is 1.96. The summed E-state index contributed by atoms with van der Waals surface area (Å²) in [5.74, 6) is 0.452. The Morgan fingerprint density at radius 3 is 2.62 bits per heavy atom. The molecule has 4 rings (SSSR count). The van der Waals surface area contributed by atoms with E-state index in [9.17, 15) is 9.90 Å². The molecule has 2 aromatic heterocycles. The summed E-state index contributed by atoms with van der Waals surface area (Å²) < 4.78 is 10.6. The lowest BCUT2D eigenvalue weighted by molar-refractivity contribution is -0.142. The zero-order chi connectivity index (χ0) is 18.1. The van der Waals surface area contributed by atoms with Crippen LogP contribution in [0.4, 0.5) is 5.82 Å². The van der Waals surface area contributed by atoms with Gasteiger partial charge >= 0.3 is 5.97 Å². The molecule has 1 aliphatic rings. The van der Waals surface area contributed by atoms with Crippen LogP contribution in [0.5, 0.6) is 5.75 Å². The van der Waals surface area contributed by atoms with E-state index in [1.807, 2.05) is 24.3 Å². The van der Waals surface area contributed by atoms with E-state index in [1.54, 1.807) is 7.11 Å². The number of fused-ring (bicyclic) bond motifs is 1. The molecule has 0 unspecified atom stereocenters. The van der Waals surface area contributed by atoms with Gasteiger partial charge in [-0.2, -0.15) is 4.98 Å². The molecule has 0 spiro atoms. The molecule has 1 fully saturated rings. The molecule has 0 radical (unpaired) electrons. The topological polar surface area (TPSA) is 102 Å². The maximum Gasteiger partial charge on any atom is 0.306 e. The van der Waals surface area contributed by atoms with Gasteiger partial charge in [-0.1, -0.05) is 5.16 Å². The van der Waals surface area contributed by atoms with Crippen LogP contribution in [0.15, 0.2) is 35.1 Å². The molecule has 0 bridgehead atoms. The quantitative estimate of drug-likeness (QED) is 0.763. The first kappa shape index (κ1) is 16.3. The number of benzene rings is 1. The van der Waals surface area contributed by atoms with E-state index in [2.05, 4.69) is 20.0 Å². The van der Waals surface area contributed by atoms with E-state index in [1.165, 1.54) is 6.33 Å². The summed E-state index contributed by atoms with van der Waals surface area (Å²) in [6.07, 6.45) is 2.62. The molecule has 8 nitrogen and oxygen atoms in total. The average molecular weight is 354 g/mol. The van der Waals surface area contributed by atoms with Gasteiger partial charge in [-0.3, -0.25) is 4.79 Å². The minimum Gasteiger partial charge on any atom is -0.497 e. The number of aliphatic carboxylic acids is 1. The SMILES string of the molecule is COc1ccc(-c2noc3ncnc(N4CCC(C(=O)O)CC4)c23)cc1. The van der Waals surface area contributed by atoms with Gasteiger partial charge in [-0.05, 0) is 37.1 Å². The molecule has 1 aromatic carbocycles. The Hall–Kier alpha value is -3.16. The number of carboxylic acid groups (broad SMARTS) is 1. The number of methoxy groups -OCH3 is 1. The number of carbonyl (C=O) groups is 1. The Labute approximate surface area is 149 Å². The molecule has 0 saturated carbocycles. The van der Waals surface area contributed by atoms with Crippen LogP contribution in [0.2, 0.25) is 0 Å². The molecule has 1 saturated heterocycles. The number of rotatable bonds is 4. The molecule has 0 amide bonds. The van der Waals surface area contributed by atoms with Crippen LogP contribution in [0, 0.1) is 5.92 Å². The van der Waals surface area contributed by atoms with Gasteiger partial charge in [0, 0.05) is 18.7 Å². The molecule has 0 aliphatic carbocycles. The summed E-state index contributed by atoms with van der Waals surface area (Å²) in [5, 5.41) is 14.1. The molecule has 134 valence electrons. The summed E-state index contributed by atoms with van der Waals surface area (Å²) in [6.45, 7) is 1.24. The summed E-state index contributed by atoms with van der Waals surface area (Å²) in [7, 11) is 1.62. The lowest BCUT2D eigenvalue weighted by atomic mass is 9.97. The number of hydrogen-bond donors (Lipinski definition) is 1. The fraction of sp³-hybridized carbons (Fsp3) is 0.333. The molecular formula is C18H18N4O4. The minimum absolute atomic E-state index is 0.299. The maximum absolute atomic E-state index is 11.2. The van der Waals surface area contributed by atoms with Crippen molar-refractivity contribution >= 4 is 22.9 Å². The molecule has 3 aromatic rings. The molecule has 1 N–H and O–H groups in total. The van der Waals surface area contributed by atoms with Gasteiger partial charge in [-0.25, -0.2) is 4.98 Å². The van der Waals surface area contributed by atoms with Crippen LogP contribution in [0.3, 0.4) is 0 Å². The van der Waals surface area contributed by atoms with Crippen molar-refractivity contribution in [3.63, 3.8) is 0 Å². The second kappa shape index (κ2) is 6.62. The third-order valence-corrected chi connectivity index (χ3v) is 4.76. The maximum atomic E-state index is 11.2. The smallest absolute Gasteiger partial charge is 0.306 e. The van der Waals surface area contributed by atoms with Crippen LogP contribution >= 0.6 is 0 Å². The van der Waals surface area contributed by atoms with Crippen LogP contribution in [0.1, 0.15) is 12.8 Å². The third-order valence-electron chi connectivity index (χ3n) is 4.76. The zero-order valence-corrected chi connectivity index (χ0v) is 14.3. The Morgan fingerprint density at radius 2 is 1.96 bits per heavy atom. The van der Waals surface area contributed by atoms with Crippen molar-refractivity contribution in [2.24, 2.45) is 5.92 Å². The van der Waals surface area contributed by atoms with E-state index in [-0.39, 0.29) is 5.92 Å². The number of ether oxygens (including phenoxy) is 1. The number of nitrogens with zero attached hydrogens (tertiary/aromatic N) is 4. The van der Waals surface area contributed by atoms with Gasteiger partial charge < -0.3 is 19.3 Å². The first-order chi connectivity index (χ1) is 12.7. The first-order valence-electron chi connectivity index (χ1n) is 8.40. The standard InChI is InChI=1S/C18H18N4O4/c1-25-13-4-2-11(3-5-13)15-14-16(19-10-20-17(14)26-21-15)22-8-6-12(7-9-22)18(23)24/h2-5,10,12H,6-9H2,1H3,(H,23,24). The summed E-state index contributed by atoms with van der Waals surface area (Å²) >= 11 is 0. The highest BCUT2D eigenvalue weighted by atomic mass is 16.5.